The molecule has 0 aromatic carbocycles. The van der Waals surface area contributed by atoms with Gasteiger partial charge in [0.25, 0.3) is 0 Å². The average Bonchev–Trinajstić information content (AvgIpc) is 2.74. The molecule has 0 bridgehead atoms. The molecule has 0 saturated heterocycles. The first-order valence-electron chi connectivity index (χ1n) is 4.95. The second-order valence-corrected chi connectivity index (χ2v) is 2.60. The summed E-state index contributed by atoms with van der Waals surface area (Å²) in [5.41, 5.74) is 1.07. The third kappa shape index (κ3) is 7.37. The summed E-state index contributed by atoms with van der Waals surface area (Å²) < 4.78 is 1.78. The maximum Gasteiger partial charge on any atom is 0.119 e. The van der Waals surface area contributed by atoms with E-state index in [-0.39, 0.29) is 0 Å². The lowest BCUT2D eigenvalue weighted by Gasteiger charge is -1.82. The summed E-state index contributed by atoms with van der Waals surface area (Å²) in [7, 11) is 1.88. The van der Waals surface area contributed by atoms with E-state index in [1.54, 1.807) is 23.4 Å². The molecule has 15 heavy (non-hydrogen) atoms. The molecule has 0 radical (unpaired) electrons. The van der Waals surface area contributed by atoms with Gasteiger partial charge in [-0.2, -0.15) is 0 Å². The molecule has 0 aliphatic rings. The Hall–Kier alpha value is -1.71. The molecule has 2 heterocycles. The fourth-order valence-electron chi connectivity index (χ4n) is 0.700. The Morgan fingerprint density at radius 1 is 1.07 bits per heavy atom. The van der Waals surface area contributed by atoms with Crippen molar-refractivity contribution in [2.45, 2.75) is 20.8 Å². The van der Waals surface area contributed by atoms with E-state index in [2.05, 4.69) is 15.2 Å². The number of aromatic nitrogens is 4. The monoisotopic (exact) mass is 206 g/mol. The normalized spacial score (nSPS) is 8.00. The van der Waals surface area contributed by atoms with Crippen LogP contribution in [0, 0.1) is 6.92 Å². The van der Waals surface area contributed by atoms with Gasteiger partial charge in [-0.25, -0.2) is 0 Å². The van der Waals surface area contributed by atoms with Gasteiger partial charge >= 0.3 is 0 Å². The van der Waals surface area contributed by atoms with Crippen molar-refractivity contribution in [3.63, 3.8) is 0 Å². The van der Waals surface area contributed by atoms with Crippen LogP contribution in [-0.4, -0.2) is 19.7 Å². The van der Waals surface area contributed by atoms with Gasteiger partial charge in [-0.15, -0.1) is 10.2 Å². The smallest absolute Gasteiger partial charge is 0.119 e. The maximum atomic E-state index is 3.98. The third-order valence-corrected chi connectivity index (χ3v) is 1.35. The predicted octanol–water partition coefficient (Wildman–Crippen LogP) is 2.23. The second-order valence-electron chi connectivity index (χ2n) is 2.60. The molecule has 2 rings (SSSR count). The van der Waals surface area contributed by atoms with Crippen LogP contribution in [0.15, 0.2) is 37.1 Å². The fourth-order valence-corrected chi connectivity index (χ4v) is 0.700. The predicted molar refractivity (Wildman–Crippen MR) is 61.3 cm³/mol. The molecule has 0 saturated carbocycles. The Morgan fingerprint density at radius 2 is 1.67 bits per heavy atom. The van der Waals surface area contributed by atoms with Gasteiger partial charge in [0.05, 0.1) is 0 Å². The van der Waals surface area contributed by atoms with Crippen LogP contribution in [-0.2, 0) is 7.05 Å². The van der Waals surface area contributed by atoms with E-state index in [9.17, 15) is 0 Å². The van der Waals surface area contributed by atoms with Crippen LogP contribution >= 0.6 is 0 Å². The Labute approximate surface area is 91.0 Å². The minimum Gasteiger partial charge on any atom is -0.323 e. The number of nitrogens with zero attached hydrogens (tertiary/aromatic N) is 4. The van der Waals surface area contributed by atoms with Gasteiger partial charge in [-0.3, -0.25) is 4.98 Å². The van der Waals surface area contributed by atoms with Gasteiger partial charge in [-0.1, -0.05) is 19.9 Å². The van der Waals surface area contributed by atoms with Gasteiger partial charge in [0.1, 0.15) is 12.7 Å². The molecule has 4 nitrogen and oxygen atoms in total. The summed E-state index contributed by atoms with van der Waals surface area (Å²) in [6.07, 6.45) is 5.06. The third-order valence-electron chi connectivity index (χ3n) is 1.35. The van der Waals surface area contributed by atoms with E-state index in [4.69, 9.17) is 0 Å². The maximum absolute atomic E-state index is 3.98. The Morgan fingerprint density at radius 3 is 1.87 bits per heavy atom. The summed E-state index contributed by atoms with van der Waals surface area (Å²) in [6, 6.07) is 5.86. The highest BCUT2D eigenvalue weighted by Gasteiger charge is 1.73. The zero-order chi connectivity index (χ0) is 11.5. The summed E-state index contributed by atoms with van der Waals surface area (Å²) in [6.45, 7) is 5.97. The van der Waals surface area contributed by atoms with Gasteiger partial charge in [-0.05, 0) is 19.1 Å². The zero-order valence-corrected chi connectivity index (χ0v) is 9.75. The second kappa shape index (κ2) is 8.87. The quantitative estimate of drug-likeness (QED) is 0.664. The molecular weight excluding hydrogens is 188 g/mol. The van der Waals surface area contributed by atoms with Crippen LogP contribution in [0.2, 0.25) is 0 Å². The van der Waals surface area contributed by atoms with E-state index in [1.165, 1.54) is 0 Å². The number of hydrogen-bond acceptors (Lipinski definition) is 3. The summed E-state index contributed by atoms with van der Waals surface area (Å²) in [5.74, 6) is 0. The van der Waals surface area contributed by atoms with Crippen LogP contribution in [0.3, 0.4) is 0 Å². The lowest BCUT2D eigenvalue weighted by atomic mass is 10.4. The highest BCUT2D eigenvalue weighted by atomic mass is 15.2. The minimum atomic E-state index is 1.07. The highest BCUT2D eigenvalue weighted by molar-refractivity contribution is 4.99. The van der Waals surface area contributed by atoms with E-state index >= 15 is 0 Å². The molecular formula is C11H18N4. The van der Waals surface area contributed by atoms with Crippen molar-refractivity contribution in [3.8, 4) is 0 Å². The lowest BCUT2D eigenvalue weighted by Crippen LogP contribution is -1.76. The van der Waals surface area contributed by atoms with Crippen molar-refractivity contribution in [1.82, 2.24) is 19.7 Å². The highest BCUT2D eigenvalue weighted by Crippen LogP contribution is 1.86. The molecule has 2 aromatic rings. The molecule has 0 amide bonds. The molecule has 0 N–H and O–H groups in total. The summed E-state index contributed by atoms with van der Waals surface area (Å²) in [5, 5.41) is 7.07. The van der Waals surface area contributed by atoms with Crippen molar-refractivity contribution >= 4 is 0 Å². The summed E-state index contributed by atoms with van der Waals surface area (Å²) in [4.78, 5) is 3.98. The van der Waals surface area contributed by atoms with E-state index in [0.29, 0.717) is 0 Å². The molecule has 0 aliphatic heterocycles. The molecule has 0 spiro atoms. The molecule has 0 fully saturated rings. The Bertz CT molecular complexity index is 316. The Balaban J connectivity index is 0.000000227. The summed E-state index contributed by atoms with van der Waals surface area (Å²) >= 11 is 0. The number of pyridine rings is 1. The first kappa shape index (κ1) is 13.3. The largest absolute Gasteiger partial charge is 0.323 e. The molecule has 4 heteroatoms. The minimum absolute atomic E-state index is 1.07. The molecule has 82 valence electrons. The molecule has 0 aliphatic carbocycles. The molecule has 0 atom stereocenters. The van der Waals surface area contributed by atoms with Crippen molar-refractivity contribution in [2.24, 2.45) is 7.05 Å². The van der Waals surface area contributed by atoms with Crippen LogP contribution < -0.4 is 0 Å². The molecule has 0 unspecified atom stereocenters. The lowest BCUT2D eigenvalue weighted by molar-refractivity contribution is 0.910. The fraction of sp³-hybridized carbons (Fsp3) is 0.364. The van der Waals surface area contributed by atoms with Crippen molar-refractivity contribution < 1.29 is 0 Å². The Kier molecular flexibility index (Phi) is 7.86. The van der Waals surface area contributed by atoms with Crippen LogP contribution in [0.4, 0.5) is 0 Å². The number of aryl methyl sites for hydroxylation is 2. The van der Waals surface area contributed by atoms with Gasteiger partial charge in [0, 0.05) is 18.9 Å². The van der Waals surface area contributed by atoms with Crippen LogP contribution in [0.25, 0.3) is 0 Å². The first-order valence-corrected chi connectivity index (χ1v) is 4.95. The van der Waals surface area contributed by atoms with Crippen LogP contribution in [0.5, 0.6) is 0 Å². The van der Waals surface area contributed by atoms with E-state index < -0.39 is 0 Å². The van der Waals surface area contributed by atoms with E-state index in [1.807, 2.05) is 46.0 Å². The van der Waals surface area contributed by atoms with Gasteiger partial charge < -0.3 is 4.57 Å². The van der Waals surface area contributed by atoms with E-state index in [0.717, 1.165) is 5.69 Å². The van der Waals surface area contributed by atoms with Gasteiger partial charge in [0.2, 0.25) is 0 Å². The number of hydrogen-bond donors (Lipinski definition) is 0. The SMILES string of the molecule is CC.Cc1ccccn1.Cn1cnnc1. The van der Waals surface area contributed by atoms with Crippen molar-refractivity contribution in [2.75, 3.05) is 0 Å². The standard InChI is InChI=1S/C6H7N.C3H5N3.C2H6/c1-6-4-2-3-5-7-6;1-6-2-4-5-3-6;1-2/h2-5H,1H3;2-3H,1H3;1-2H3. The number of rotatable bonds is 0. The first-order chi connectivity index (χ1) is 7.29. The van der Waals surface area contributed by atoms with Crippen LogP contribution in [0.1, 0.15) is 19.5 Å². The molecule has 2 aromatic heterocycles. The average molecular weight is 206 g/mol. The van der Waals surface area contributed by atoms with Crippen molar-refractivity contribution in [3.05, 3.63) is 42.7 Å². The zero-order valence-electron chi connectivity index (χ0n) is 9.75. The van der Waals surface area contributed by atoms with Gasteiger partial charge in [0.15, 0.2) is 0 Å². The van der Waals surface area contributed by atoms with Crippen molar-refractivity contribution in [1.29, 1.82) is 0 Å². The topological polar surface area (TPSA) is 43.6 Å².